The highest BCUT2D eigenvalue weighted by Crippen LogP contribution is 2.43. The maximum absolute atomic E-state index is 12.2. The van der Waals surface area contributed by atoms with Gasteiger partial charge < -0.3 is 5.11 Å². The van der Waals surface area contributed by atoms with Crippen molar-refractivity contribution in [1.29, 1.82) is 0 Å². The molecule has 86 valence electrons. The van der Waals surface area contributed by atoms with Gasteiger partial charge >= 0.3 is 0 Å². The van der Waals surface area contributed by atoms with Crippen LogP contribution >= 0.6 is 0 Å². The molecule has 0 heterocycles. The summed E-state index contributed by atoms with van der Waals surface area (Å²) < 4.78 is 0. The van der Waals surface area contributed by atoms with Gasteiger partial charge in [0, 0.05) is 6.42 Å². The first kappa shape index (κ1) is 11.1. The van der Waals surface area contributed by atoms with Gasteiger partial charge in [-0.15, -0.1) is 0 Å². The van der Waals surface area contributed by atoms with Crippen LogP contribution in [0.15, 0.2) is 0 Å². The zero-order valence-corrected chi connectivity index (χ0v) is 9.50. The second-order valence-corrected chi connectivity index (χ2v) is 5.26. The fourth-order valence-electron chi connectivity index (χ4n) is 3.31. The second-order valence-electron chi connectivity index (χ2n) is 5.26. The smallest absolute Gasteiger partial charge is 0.141 e. The average molecular weight is 210 g/mol. The van der Waals surface area contributed by atoms with E-state index in [0.717, 1.165) is 44.9 Å². The molecule has 0 aromatic rings. The number of carbonyl (C=O) groups excluding carboxylic acids is 1. The molecule has 2 nitrogen and oxygen atoms in total. The van der Waals surface area contributed by atoms with Crippen LogP contribution in [0.3, 0.4) is 0 Å². The van der Waals surface area contributed by atoms with Crippen molar-refractivity contribution in [2.24, 2.45) is 5.41 Å². The van der Waals surface area contributed by atoms with E-state index in [1.54, 1.807) is 0 Å². The fraction of sp³-hybridized carbons (Fsp3) is 0.923. The van der Waals surface area contributed by atoms with Crippen LogP contribution in [0.25, 0.3) is 0 Å². The summed E-state index contributed by atoms with van der Waals surface area (Å²) in [6.45, 7) is 0. The van der Waals surface area contributed by atoms with E-state index in [0.29, 0.717) is 12.2 Å². The zero-order valence-electron chi connectivity index (χ0n) is 9.50. The van der Waals surface area contributed by atoms with Crippen LogP contribution in [0.5, 0.6) is 0 Å². The first-order chi connectivity index (χ1) is 7.26. The van der Waals surface area contributed by atoms with Crippen molar-refractivity contribution in [3.05, 3.63) is 0 Å². The van der Waals surface area contributed by atoms with Crippen LogP contribution in [0.4, 0.5) is 0 Å². The lowest BCUT2D eigenvalue weighted by Crippen LogP contribution is -2.45. The molecule has 15 heavy (non-hydrogen) atoms. The van der Waals surface area contributed by atoms with Crippen LogP contribution in [0, 0.1) is 5.41 Å². The highest BCUT2D eigenvalue weighted by atomic mass is 16.3. The number of hydrogen-bond donors (Lipinski definition) is 1. The highest BCUT2D eigenvalue weighted by molar-refractivity contribution is 5.85. The highest BCUT2D eigenvalue weighted by Gasteiger charge is 2.45. The normalized spacial score (nSPS) is 38.7. The van der Waals surface area contributed by atoms with E-state index < -0.39 is 0 Å². The van der Waals surface area contributed by atoms with Crippen molar-refractivity contribution in [1.82, 2.24) is 0 Å². The fourth-order valence-corrected chi connectivity index (χ4v) is 3.31. The number of hydrogen-bond acceptors (Lipinski definition) is 2. The van der Waals surface area contributed by atoms with Crippen molar-refractivity contribution >= 4 is 5.78 Å². The molecular weight excluding hydrogens is 188 g/mol. The van der Waals surface area contributed by atoms with Gasteiger partial charge in [0.15, 0.2) is 0 Å². The average Bonchev–Trinajstić information content (AvgIpc) is 2.23. The second kappa shape index (κ2) is 4.65. The third-order valence-corrected chi connectivity index (χ3v) is 4.32. The molecule has 2 aliphatic carbocycles. The van der Waals surface area contributed by atoms with E-state index in [-0.39, 0.29) is 11.5 Å². The molecule has 0 aromatic heterocycles. The van der Waals surface area contributed by atoms with E-state index in [2.05, 4.69) is 0 Å². The molecule has 0 amide bonds. The maximum atomic E-state index is 12.2. The number of Topliss-reactive ketones (excluding diaryl/α,β-unsaturated/α-hetero) is 1. The standard InChI is InChI=1S/C13H22O2/c14-11-7-3-1-2-5-9-13(11)10-6-4-8-12(13)15/h12,15H,1-10H2/t12-,13-/m0/s1. The van der Waals surface area contributed by atoms with Gasteiger partial charge in [-0.2, -0.15) is 0 Å². The van der Waals surface area contributed by atoms with Crippen LogP contribution in [0.2, 0.25) is 0 Å². The molecule has 1 spiro atoms. The van der Waals surface area contributed by atoms with E-state index in [1.165, 1.54) is 12.8 Å². The Morgan fingerprint density at radius 3 is 2.47 bits per heavy atom. The Kier molecular flexibility index (Phi) is 3.45. The van der Waals surface area contributed by atoms with Gasteiger partial charge in [0.25, 0.3) is 0 Å². The van der Waals surface area contributed by atoms with Crippen LogP contribution in [0.1, 0.15) is 64.2 Å². The quantitative estimate of drug-likeness (QED) is 0.667. The first-order valence-corrected chi connectivity index (χ1v) is 6.47. The van der Waals surface area contributed by atoms with Crippen molar-refractivity contribution in [3.8, 4) is 0 Å². The lowest BCUT2D eigenvalue weighted by molar-refractivity contribution is -0.141. The predicted molar refractivity (Wildman–Crippen MR) is 59.6 cm³/mol. The SMILES string of the molecule is O=C1CCCCCC[C@]12CCCC[C@@H]2O. The van der Waals surface area contributed by atoms with Crippen LogP contribution < -0.4 is 0 Å². The summed E-state index contributed by atoms with van der Waals surface area (Å²) in [6.07, 6.45) is 9.88. The van der Waals surface area contributed by atoms with Gasteiger partial charge in [0.1, 0.15) is 5.78 Å². The number of carbonyl (C=O) groups is 1. The van der Waals surface area contributed by atoms with Gasteiger partial charge in [-0.25, -0.2) is 0 Å². The van der Waals surface area contributed by atoms with E-state index in [1.807, 2.05) is 0 Å². The lowest BCUT2D eigenvalue weighted by atomic mass is 9.64. The summed E-state index contributed by atoms with van der Waals surface area (Å²) in [6, 6.07) is 0. The van der Waals surface area contributed by atoms with Crippen molar-refractivity contribution < 1.29 is 9.90 Å². The Morgan fingerprint density at radius 2 is 1.67 bits per heavy atom. The summed E-state index contributed by atoms with van der Waals surface area (Å²) in [7, 11) is 0. The first-order valence-electron chi connectivity index (χ1n) is 6.47. The summed E-state index contributed by atoms with van der Waals surface area (Å²) in [4.78, 5) is 12.2. The number of aliphatic hydroxyl groups excluding tert-OH is 1. The molecule has 1 N–H and O–H groups in total. The molecule has 0 bridgehead atoms. The van der Waals surface area contributed by atoms with E-state index in [4.69, 9.17) is 0 Å². The van der Waals surface area contributed by atoms with Crippen molar-refractivity contribution in [3.63, 3.8) is 0 Å². The van der Waals surface area contributed by atoms with E-state index in [9.17, 15) is 9.90 Å². The van der Waals surface area contributed by atoms with Gasteiger partial charge in [-0.3, -0.25) is 4.79 Å². The molecule has 2 fully saturated rings. The maximum Gasteiger partial charge on any atom is 0.141 e. The molecule has 2 aliphatic rings. The Labute approximate surface area is 92.1 Å². The number of rotatable bonds is 0. The summed E-state index contributed by atoms with van der Waals surface area (Å²) in [5, 5.41) is 10.2. The molecule has 0 saturated heterocycles. The summed E-state index contributed by atoms with van der Waals surface area (Å²) in [5.41, 5.74) is -0.335. The van der Waals surface area contributed by atoms with Crippen molar-refractivity contribution in [2.75, 3.05) is 0 Å². The molecule has 2 saturated carbocycles. The summed E-state index contributed by atoms with van der Waals surface area (Å²) >= 11 is 0. The monoisotopic (exact) mass is 210 g/mol. The molecule has 0 unspecified atom stereocenters. The van der Waals surface area contributed by atoms with Gasteiger partial charge in [0.2, 0.25) is 0 Å². The minimum atomic E-state index is -0.350. The molecule has 0 aromatic carbocycles. The summed E-state index contributed by atoms with van der Waals surface area (Å²) in [5.74, 6) is 0.356. The lowest BCUT2D eigenvalue weighted by Gasteiger charge is -2.41. The Morgan fingerprint density at radius 1 is 1.00 bits per heavy atom. The minimum Gasteiger partial charge on any atom is -0.392 e. The minimum absolute atomic E-state index is 0.335. The molecule has 0 aliphatic heterocycles. The van der Waals surface area contributed by atoms with E-state index >= 15 is 0 Å². The number of aliphatic hydroxyl groups is 1. The molecule has 2 atom stereocenters. The third kappa shape index (κ3) is 2.10. The predicted octanol–water partition coefficient (Wildman–Crippen LogP) is 2.83. The van der Waals surface area contributed by atoms with Gasteiger partial charge in [-0.05, 0) is 25.7 Å². The Bertz CT molecular complexity index is 237. The van der Waals surface area contributed by atoms with Crippen molar-refractivity contribution in [2.45, 2.75) is 70.3 Å². The van der Waals surface area contributed by atoms with Crippen LogP contribution in [-0.2, 0) is 4.79 Å². The largest absolute Gasteiger partial charge is 0.392 e. The topological polar surface area (TPSA) is 37.3 Å². The molecule has 2 rings (SSSR count). The molecule has 2 heteroatoms. The zero-order chi connectivity index (χ0) is 10.7. The van der Waals surface area contributed by atoms with Gasteiger partial charge in [-0.1, -0.05) is 32.1 Å². The van der Waals surface area contributed by atoms with Gasteiger partial charge in [0.05, 0.1) is 11.5 Å². The molecular formula is C13H22O2. The molecule has 0 radical (unpaired) electrons. The Hall–Kier alpha value is -0.370. The van der Waals surface area contributed by atoms with Crippen LogP contribution in [-0.4, -0.2) is 17.0 Å². The number of ketones is 1. The third-order valence-electron chi connectivity index (χ3n) is 4.32. The Balaban J connectivity index is 2.15.